The Hall–Kier alpha value is -0.420. The van der Waals surface area contributed by atoms with Crippen LogP contribution in [-0.2, 0) is 4.74 Å². The first-order valence-corrected chi connectivity index (χ1v) is 8.74. The molecule has 120 valence electrons. The van der Waals surface area contributed by atoms with Gasteiger partial charge in [0.2, 0.25) is 0 Å². The van der Waals surface area contributed by atoms with Gasteiger partial charge in [-0.25, -0.2) is 4.79 Å². The van der Waals surface area contributed by atoms with E-state index in [0.29, 0.717) is 11.3 Å². The summed E-state index contributed by atoms with van der Waals surface area (Å²) in [6.45, 7) is 12.7. The van der Waals surface area contributed by atoms with Crippen LogP contribution in [0.2, 0.25) is 0 Å². The molecule has 20 heavy (non-hydrogen) atoms. The second-order valence-electron chi connectivity index (χ2n) is 6.05. The average molecular weight is 304 g/mol. The van der Waals surface area contributed by atoms with Crippen molar-refractivity contribution < 1.29 is 9.53 Å². The van der Waals surface area contributed by atoms with Crippen molar-refractivity contribution in [2.45, 2.75) is 64.2 Å². The Kier molecular flexibility index (Phi) is 9.30. The number of rotatable bonds is 9. The second kappa shape index (κ2) is 9.50. The van der Waals surface area contributed by atoms with E-state index in [9.17, 15) is 4.79 Å². The van der Waals surface area contributed by atoms with Gasteiger partial charge in [-0.1, -0.05) is 13.8 Å². The monoisotopic (exact) mass is 304 g/mol. The summed E-state index contributed by atoms with van der Waals surface area (Å²) in [7, 11) is 0. The molecule has 0 bridgehead atoms. The Morgan fingerprint density at radius 1 is 1.15 bits per heavy atom. The largest absolute Gasteiger partial charge is 0.444 e. The molecule has 0 aliphatic carbocycles. The molecule has 0 aromatic rings. The number of hydrogen-bond acceptors (Lipinski definition) is 4. The number of thioether (sulfide) groups is 1. The average Bonchev–Trinajstić information content (AvgIpc) is 2.37. The highest BCUT2D eigenvalue weighted by Gasteiger charge is 2.23. The summed E-state index contributed by atoms with van der Waals surface area (Å²) in [6.07, 6.45) is 5.11. The van der Waals surface area contributed by atoms with Crippen molar-refractivity contribution >= 4 is 17.9 Å². The van der Waals surface area contributed by atoms with Crippen molar-refractivity contribution in [1.29, 1.82) is 0 Å². The molecule has 0 saturated carbocycles. The highest BCUT2D eigenvalue weighted by molar-refractivity contribution is 8.00. The van der Waals surface area contributed by atoms with Crippen LogP contribution < -0.4 is 10.6 Å². The van der Waals surface area contributed by atoms with Gasteiger partial charge in [-0.05, 0) is 52.8 Å². The molecular formula is C15H32N2O2S. The van der Waals surface area contributed by atoms with Crippen LogP contribution >= 0.6 is 11.8 Å². The van der Waals surface area contributed by atoms with E-state index >= 15 is 0 Å². The molecule has 0 radical (unpaired) electrons. The van der Waals surface area contributed by atoms with Gasteiger partial charge in [0.15, 0.2) is 0 Å². The lowest BCUT2D eigenvalue weighted by molar-refractivity contribution is 0.0527. The zero-order chi connectivity index (χ0) is 15.6. The van der Waals surface area contributed by atoms with E-state index < -0.39 is 5.60 Å². The predicted molar refractivity (Wildman–Crippen MR) is 88.6 cm³/mol. The highest BCUT2D eigenvalue weighted by Crippen LogP contribution is 2.29. The quantitative estimate of drug-likeness (QED) is 0.641. The Bertz CT molecular complexity index is 265. The molecule has 0 spiro atoms. The van der Waals surface area contributed by atoms with Crippen LogP contribution in [-0.4, -0.2) is 42.3 Å². The minimum Gasteiger partial charge on any atom is -0.444 e. The van der Waals surface area contributed by atoms with Gasteiger partial charge < -0.3 is 15.4 Å². The summed E-state index contributed by atoms with van der Waals surface area (Å²) in [5.74, 6) is 0. The van der Waals surface area contributed by atoms with E-state index in [1.807, 2.05) is 32.5 Å². The van der Waals surface area contributed by atoms with Crippen molar-refractivity contribution in [1.82, 2.24) is 10.6 Å². The number of hydrogen-bond donors (Lipinski definition) is 2. The zero-order valence-electron chi connectivity index (χ0n) is 14.0. The maximum atomic E-state index is 11.4. The third-order valence-corrected chi connectivity index (χ3v) is 4.96. The molecule has 0 heterocycles. The van der Waals surface area contributed by atoms with Crippen molar-refractivity contribution in [2.75, 3.05) is 25.9 Å². The molecule has 0 aromatic carbocycles. The second-order valence-corrected chi connectivity index (χ2v) is 7.33. The van der Waals surface area contributed by atoms with Crippen LogP contribution in [0.4, 0.5) is 4.79 Å². The van der Waals surface area contributed by atoms with Gasteiger partial charge >= 0.3 is 6.09 Å². The summed E-state index contributed by atoms with van der Waals surface area (Å²) in [4.78, 5) is 11.4. The minimum absolute atomic E-state index is 0.335. The molecule has 0 rings (SSSR count). The fourth-order valence-electron chi connectivity index (χ4n) is 1.90. The molecule has 0 saturated heterocycles. The number of ether oxygens (including phenoxy) is 1. The van der Waals surface area contributed by atoms with Gasteiger partial charge in [0.05, 0.1) is 0 Å². The molecule has 0 atom stereocenters. The van der Waals surface area contributed by atoms with Gasteiger partial charge in [0.25, 0.3) is 0 Å². The minimum atomic E-state index is -0.428. The van der Waals surface area contributed by atoms with E-state index in [0.717, 1.165) is 19.5 Å². The molecule has 0 fully saturated rings. The predicted octanol–water partition coefficient (Wildman–Crippen LogP) is 3.41. The highest BCUT2D eigenvalue weighted by atomic mass is 32.2. The lowest BCUT2D eigenvalue weighted by atomic mass is 10.0. The number of nitrogens with one attached hydrogen (secondary N) is 2. The Labute approximate surface area is 128 Å². The van der Waals surface area contributed by atoms with Gasteiger partial charge in [-0.3, -0.25) is 0 Å². The topological polar surface area (TPSA) is 50.4 Å². The van der Waals surface area contributed by atoms with Crippen LogP contribution in [0, 0.1) is 0 Å². The SMILES string of the molecule is CCC(CC)(CNCCCNC(=O)OC(C)(C)C)SC. The van der Waals surface area contributed by atoms with Gasteiger partial charge in [-0.2, -0.15) is 11.8 Å². The molecule has 0 aromatic heterocycles. The third-order valence-electron chi connectivity index (χ3n) is 3.37. The molecule has 4 nitrogen and oxygen atoms in total. The van der Waals surface area contributed by atoms with Crippen LogP contribution in [0.25, 0.3) is 0 Å². The fourth-order valence-corrected chi connectivity index (χ4v) is 2.72. The number of carbonyl (C=O) groups is 1. The molecule has 1 amide bonds. The van der Waals surface area contributed by atoms with E-state index in [1.54, 1.807) is 0 Å². The smallest absolute Gasteiger partial charge is 0.407 e. The summed E-state index contributed by atoms with van der Waals surface area (Å²) in [5, 5.41) is 6.26. The molecule has 0 aliphatic rings. The standard InChI is InChI=1S/C15H32N2O2S/c1-7-15(8-2,20-6)12-16-10-9-11-17-13(18)19-14(3,4)5/h16H,7-12H2,1-6H3,(H,17,18). The van der Waals surface area contributed by atoms with Crippen molar-refractivity contribution in [2.24, 2.45) is 0 Å². The van der Waals surface area contributed by atoms with E-state index in [4.69, 9.17) is 4.74 Å². The normalized spacial score (nSPS) is 12.3. The van der Waals surface area contributed by atoms with Gasteiger partial charge in [-0.15, -0.1) is 0 Å². The van der Waals surface area contributed by atoms with Gasteiger partial charge in [0, 0.05) is 17.8 Å². The number of amides is 1. The Morgan fingerprint density at radius 2 is 1.75 bits per heavy atom. The fraction of sp³-hybridized carbons (Fsp3) is 0.933. The molecule has 0 aliphatic heterocycles. The van der Waals surface area contributed by atoms with Crippen LogP contribution in [0.15, 0.2) is 0 Å². The summed E-state index contributed by atoms with van der Waals surface area (Å²) in [5.41, 5.74) is -0.428. The lowest BCUT2D eigenvalue weighted by Gasteiger charge is -2.30. The molecule has 5 heteroatoms. The molecule has 2 N–H and O–H groups in total. The zero-order valence-corrected chi connectivity index (χ0v) is 14.8. The first kappa shape index (κ1) is 19.6. The van der Waals surface area contributed by atoms with E-state index in [2.05, 4.69) is 30.7 Å². The Balaban J connectivity index is 3.70. The number of carbonyl (C=O) groups excluding carboxylic acids is 1. The summed E-state index contributed by atoms with van der Waals surface area (Å²) in [6, 6.07) is 0. The maximum Gasteiger partial charge on any atom is 0.407 e. The maximum absolute atomic E-state index is 11.4. The van der Waals surface area contributed by atoms with E-state index in [1.165, 1.54) is 12.8 Å². The first-order chi connectivity index (χ1) is 9.28. The van der Waals surface area contributed by atoms with Gasteiger partial charge in [0.1, 0.15) is 5.60 Å². The summed E-state index contributed by atoms with van der Waals surface area (Å²) >= 11 is 1.94. The van der Waals surface area contributed by atoms with E-state index in [-0.39, 0.29) is 6.09 Å². The van der Waals surface area contributed by atoms with Crippen molar-refractivity contribution in [3.05, 3.63) is 0 Å². The number of alkyl carbamates (subject to hydrolysis) is 1. The molecule has 0 unspecified atom stereocenters. The molecular weight excluding hydrogens is 272 g/mol. The van der Waals surface area contributed by atoms with Crippen LogP contribution in [0.1, 0.15) is 53.9 Å². The van der Waals surface area contributed by atoms with Crippen molar-refractivity contribution in [3.63, 3.8) is 0 Å². The van der Waals surface area contributed by atoms with Crippen molar-refractivity contribution in [3.8, 4) is 0 Å². The third kappa shape index (κ3) is 8.69. The van der Waals surface area contributed by atoms with Crippen LogP contribution in [0.5, 0.6) is 0 Å². The van der Waals surface area contributed by atoms with Crippen LogP contribution in [0.3, 0.4) is 0 Å². The summed E-state index contributed by atoms with van der Waals surface area (Å²) < 4.78 is 5.52. The lowest BCUT2D eigenvalue weighted by Crippen LogP contribution is -2.38. The first-order valence-electron chi connectivity index (χ1n) is 7.51. The Morgan fingerprint density at radius 3 is 2.20 bits per heavy atom.